The fourth-order valence-corrected chi connectivity index (χ4v) is 2.81. The lowest BCUT2D eigenvalue weighted by Gasteiger charge is -2.23. The molecule has 3 rings (SSSR count). The molecule has 1 aliphatic rings. The van der Waals surface area contributed by atoms with E-state index in [1.165, 1.54) is 5.56 Å². The number of nitrogens with one attached hydrogen (secondary N) is 1. The van der Waals surface area contributed by atoms with Gasteiger partial charge in [0.05, 0.1) is 11.0 Å². The minimum Gasteiger partial charge on any atom is -0.377 e. The summed E-state index contributed by atoms with van der Waals surface area (Å²) in [6.45, 7) is 6.17. The van der Waals surface area contributed by atoms with Gasteiger partial charge in [-0.25, -0.2) is 9.97 Å². The van der Waals surface area contributed by atoms with Gasteiger partial charge in [-0.2, -0.15) is 0 Å². The molecule has 2 aromatic heterocycles. The van der Waals surface area contributed by atoms with Crippen molar-refractivity contribution < 1.29 is 4.74 Å². The van der Waals surface area contributed by atoms with Crippen molar-refractivity contribution in [3.05, 3.63) is 18.1 Å². The van der Waals surface area contributed by atoms with Gasteiger partial charge >= 0.3 is 0 Å². The number of hydrogen-bond acceptors (Lipinski definition) is 4. The largest absolute Gasteiger partial charge is 0.377 e. The molecule has 0 radical (unpaired) electrons. The van der Waals surface area contributed by atoms with Gasteiger partial charge in [-0.05, 0) is 25.3 Å². The highest BCUT2D eigenvalue weighted by atomic mass is 16.5. The van der Waals surface area contributed by atoms with Crippen molar-refractivity contribution in [2.45, 2.75) is 32.3 Å². The van der Waals surface area contributed by atoms with Crippen molar-refractivity contribution in [3.8, 4) is 0 Å². The van der Waals surface area contributed by atoms with Crippen molar-refractivity contribution >= 4 is 16.9 Å². The van der Waals surface area contributed by atoms with E-state index < -0.39 is 0 Å². The SMILES string of the molecule is CCc1c[nH]c2ncnc(N3CCC(C)(OC)C3)c12. The Morgan fingerprint density at radius 1 is 1.47 bits per heavy atom. The first-order chi connectivity index (χ1) is 9.17. The van der Waals surface area contributed by atoms with Crippen LogP contribution in [0.3, 0.4) is 0 Å². The third kappa shape index (κ3) is 1.98. The molecular weight excluding hydrogens is 240 g/mol. The summed E-state index contributed by atoms with van der Waals surface area (Å²) in [6, 6.07) is 0. The van der Waals surface area contributed by atoms with Crippen molar-refractivity contribution in [1.82, 2.24) is 15.0 Å². The second-order valence-corrected chi connectivity index (χ2v) is 5.41. The van der Waals surface area contributed by atoms with Crippen molar-refractivity contribution in [3.63, 3.8) is 0 Å². The predicted molar refractivity (Wildman–Crippen MR) is 75.5 cm³/mol. The molecule has 1 saturated heterocycles. The quantitative estimate of drug-likeness (QED) is 0.918. The standard InChI is InChI=1S/C14H20N4O/c1-4-10-7-15-12-11(10)13(17-9-16-12)18-6-5-14(2,8-18)19-3/h7,9H,4-6,8H2,1-3H3,(H,15,16,17). The number of fused-ring (bicyclic) bond motifs is 1. The van der Waals surface area contributed by atoms with Gasteiger partial charge in [-0.15, -0.1) is 0 Å². The van der Waals surface area contributed by atoms with Gasteiger partial charge in [0.2, 0.25) is 0 Å². The van der Waals surface area contributed by atoms with Gasteiger partial charge in [0, 0.05) is 26.4 Å². The van der Waals surface area contributed by atoms with Gasteiger partial charge < -0.3 is 14.6 Å². The van der Waals surface area contributed by atoms with E-state index in [4.69, 9.17) is 4.74 Å². The van der Waals surface area contributed by atoms with E-state index in [0.717, 1.165) is 42.8 Å². The van der Waals surface area contributed by atoms with Crippen LogP contribution in [0, 0.1) is 0 Å². The van der Waals surface area contributed by atoms with Gasteiger partial charge in [0.1, 0.15) is 17.8 Å². The van der Waals surface area contributed by atoms with Crippen LogP contribution in [0.1, 0.15) is 25.8 Å². The van der Waals surface area contributed by atoms with Crippen LogP contribution in [0.2, 0.25) is 0 Å². The molecule has 0 amide bonds. The number of methoxy groups -OCH3 is 1. The second-order valence-electron chi connectivity index (χ2n) is 5.41. The number of H-pyrrole nitrogens is 1. The zero-order valence-corrected chi connectivity index (χ0v) is 11.7. The van der Waals surface area contributed by atoms with E-state index >= 15 is 0 Å². The summed E-state index contributed by atoms with van der Waals surface area (Å²) in [5.74, 6) is 1.03. The third-order valence-corrected chi connectivity index (χ3v) is 4.14. The minimum absolute atomic E-state index is 0.0695. The molecule has 0 bridgehead atoms. The highest BCUT2D eigenvalue weighted by molar-refractivity contribution is 5.91. The van der Waals surface area contributed by atoms with E-state index in [2.05, 4.69) is 33.7 Å². The minimum atomic E-state index is -0.0695. The van der Waals surface area contributed by atoms with E-state index in [1.807, 2.05) is 6.20 Å². The zero-order chi connectivity index (χ0) is 13.5. The van der Waals surface area contributed by atoms with Crippen LogP contribution in [-0.4, -0.2) is 40.8 Å². The lowest BCUT2D eigenvalue weighted by molar-refractivity contribution is 0.0256. The molecule has 19 heavy (non-hydrogen) atoms. The summed E-state index contributed by atoms with van der Waals surface area (Å²) < 4.78 is 5.61. The summed E-state index contributed by atoms with van der Waals surface area (Å²) >= 11 is 0. The van der Waals surface area contributed by atoms with Crippen LogP contribution in [0.25, 0.3) is 11.0 Å². The first-order valence-electron chi connectivity index (χ1n) is 6.78. The smallest absolute Gasteiger partial charge is 0.143 e. The fraction of sp³-hybridized carbons (Fsp3) is 0.571. The van der Waals surface area contributed by atoms with Crippen LogP contribution in [0.5, 0.6) is 0 Å². The normalized spacial score (nSPS) is 23.4. The molecule has 5 heteroatoms. The molecule has 0 aliphatic carbocycles. The van der Waals surface area contributed by atoms with Crippen molar-refractivity contribution in [2.24, 2.45) is 0 Å². The molecule has 5 nitrogen and oxygen atoms in total. The molecule has 0 spiro atoms. The van der Waals surface area contributed by atoms with Crippen molar-refractivity contribution in [1.29, 1.82) is 0 Å². The Bertz CT molecular complexity index is 594. The number of nitrogens with zero attached hydrogens (tertiary/aromatic N) is 3. The number of aromatic nitrogens is 3. The Hall–Kier alpha value is -1.62. The topological polar surface area (TPSA) is 54.0 Å². The molecule has 1 fully saturated rings. The maximum absolute atomic E-state index is 5.61. The summed E-state index contributed by atoms with van der Waals surface area (Å²) in [5.41, 5.74) is 2.13. The Labute approximate surface area is 113 Å². The molecular formula is C14H20N4O. The Balaban J connectivity index is 2.04. The van der Waals surface area contributed by atoms with Crippen LogP contribution < -0.4 is 4.90 Å². The summed E-state index contributed by atoms with van der Waals surface area (Å²) in [5, 5.41) is 1.16. The molecule has 0 aromatic carbocycles. The Kier molecular flexibility index (Phi) is 2.93. The van der Waals surface area contributed by atoms with E-state index in [1.54, 1.807) is 13.4 Å². The molecule has 1 N–H and O–H groups in total. The van der Waals surface area contributed by atoms with Gasteiger partial charge in [0.15, 0.2) is 0 Å². The highest BCUT2D eigenvalue weighted by Gasteiger charge is 2.35. The van der Waals surface area contributed by atoms with Crippen LogP contribution in [-0.2, 0) is 11.2 Å². The average molecular weight is 260 g/mol. The number of aryl methyl sites for hydroxylation is 1. The highest BCUT2D eigenvalue weighted by Crippen LogP contribution is 2.32. The second kappa shape index (κ2) is 4.49. The Morgan fingerprint density at radius 3 is 3.00 bits per heavy atom. The number of aromatic amines is 1. The fourth-order valence-electron chi connectivity index (χ4n) is 2.81. The number of anilines is 1. The Morgan fingerprint density at radius 2 is 2.32 bits per heavy atom. The van der Waals surface area contributed by atoms with Gasteiger partial charge in [-0.3, -0.25) is 0 Å². The van der Waals surface area contributed by atoms with Crippen LogP contribution >= 0.6 is 0 Å². The third-order valence-electron chi connectivity index (χ3n) is 4.14. The lowest BCUT2D eigenvalue weighted by Crippen LogP contribution is -2.32. The molecule has 3 heterocycles. The first kappa shape index (κ1) is 12.4. The number of hydrogen-bond donors (Lipinski definition) is 1. The summed E-state index contributed by atoms with van der Waals surface area (Å²) in [7, 11) is 1.78. The first-order valence-corrected chi connectivity index (χ1v) is 6.78. The maximum atomic E-state index is 5.61. The predicted octanol–water partition coefficient (Wildman–Crippen LogP) is 2.14. The van der Waals surface area contributed by atoms with E-state index in [9.17, 15) is 0 Å². The maximum Gasteiger partial charge on any atom is 0.143 e. The van der Waals surface area contributed by atoms with Gasteiger partial charge in [-0.1, -0.05) is 6.92 Å². The monoisotopic (exact) mass is 260 g/mol. The molecule has 2 aromatic rings. The van der Waals surface area contributed by atoms with Crippen LogP contribution in [0.4, 0.5) is 5.82 Å². The van der Waals surface area contributed by atoms with Crippen LogP contribution in [0.15, 0.2) is 12.5 Å². The molecule has 1 aliphatic heterocycles. The van der Waals surface area contributed by atoms with Crippen molar-refractivity contribution in [2.75, 3.05) is 25.1 Å². The van der Waals surface area contributed by atoms with Gasteiger partial charge in [0.25, 0.3) is 0 Å². The van der Waals surface area contributed by atoms with E-state index in [0.29, 0.717) is 0 Å². The molecule has 102 valence electrons. The molecule has 0 saturated carbocycles. The lowest BCUT2D eigenvalue weighted by atomic mass is 10.1. The molecule has 1 unspecified atom stereocenters. The average Bonchev–Trinajstić information content (AvgIpc) is 3.02. The number of ether oxygens (including phenoxy) is 1. The summed E-state index contributed by atoms with van der Waals surface area (Å²) in [6.07, 6.45) is 5.68. The zero-order valence-electron chi connectivity index (χ0n) is 11.7. The van der Waals surface area contributed by atoms with E-state index in [-0.39, 0.29) is 5.60 Å². The molecule has 1 atom stereocenters. The number of rotatable bonds is 3. The summed E-state index contributed by atoms with van der Waals surface area (Å²) in [4.78, 5) is 14.4.